The van der Waals surface area contributed by atoms with Gasteiger partial charge in [-0.15, -0.1) is 0 Å². The number of nitrogens with one attached hydrogen (secondary N) is 1. The lowest BCUT2D eigenvalue weighted by atomic mass is 10.0. The number of carbonyl (C=O) groups is 1. The number of carbonyl (C=O) groups excluding carboxylic acids is 1. The molecule has 3 rings (SSSR count). The number of fused-ring (bicyclic) bond motifs is 1. The van der Waals surface area contributed by atoms with Crippen LogP contribution in [0.4, 0.5) is 23.2 Å². The van der Waals surface area contributed by atoms with Gasteiger partial charge in [-0.1, -0.05) is 18.2 Å². The second-order valence-corrected chi connectivity index (χ2v) is 4.79. The summed E-state index contributed by atoms with van der Waals surface area (Å²) in [6.45, 7) is 0. The Balaban J connectivity index is 2.15. The van der Waals surface area contributed by atoms with Crippen LogP contribution in [0.25, 0.3) is 11.6 Å². The van der Waals surface area contributed by atoms with Crippen LogP contribution in [0, 0.1) is 5.82 Å². The summed E-state index contributed by atoms with van der Waals surface area (Å²) in [6.07, 6.45) is -3.41. The van der Waals surface area contributed by atoms with Crippen LogP contribution in [0.1, 0.15) is 16.7 Å². The Hall–Kier alpha value is -2.63. The second-order valence-electron chi connectivity index (χ2n) is 4.79. The number of hydrogen-bond acceptors (Lipinski definition) is 1. The van der Waals surface area contributed by atoms with E-state index in [9.17, 15) is 22.4 Å². The van der Waals surface area contributed by atoms with Crippen molar-refractivity contribution in [3.8, 4) is 0 Å². The molecule has 0 saturated heterocycles. The van der Waals surface area contributed by atoms with Crippen LogP contribution < -0.4 is 5.32 Å². The smallest absolute Gasteiger partial charge is 0.321 e. The number of rotatable bonds is 1. The minimum atomic E-state index is -4.53. The molecular weight excluding hydrogens is 298 g/mol. The molecule has 0 bridgehead atoms. The van der Waals surface area contributed by atoms with Crippen molar-refractivity contribution in [1.29, 1.82) is 0 Å². The molecule has 1 N–H and O–H groups in total. The van der Waals surface area contributed by atoms with Crippen LogP contribution in [0.15, 0.2) is 42.5 Å². The average Bonchev–Trinajstić information content (AvgIpc) is 2.74. The van der Waals surface area contributed by atoms with Crippen LogP contribution in [-0.2, 0) is 11.0 Å². The Morgan fingerprint density at radius 2 is 1.77 bits per heavy atom. The van der Waals surface area contributed by atoms with Crippen molar-refractivity contribution in [2.45, 2.75) is 6.18 Å². The highest BCUT2D eigenvalue weighted by Crippen LogP contribution is 2.37. The molecular formula is C16H9F4NO. The number of benzene rings is 2. The third-order valence-electron chi connectivity index (χ3n) is 3.33. The van der Waals surface area contributed by atoms with Crippen molar-refractivity contribution in [3.05, 3.63) is 65.0 Å². The first-order valence-electron chi connectivity index (χ1n) is 6.35. The van der Waals surface area contributed by atoms with E-state index in [0.717, 1.165) is 18.2 Å². The Labute approximate surface area is 123 Å². The fourth-order valence-electron chi connectivity index (χ4n) is 2.34. The lowest BCUT2D eigenvalue weighted by Crippen LogP contribution is -2.08. The van der Waals surface area contributed by atoms with E-state index in [0.29, 0.717) is 5.69 Å². The van der Waals surface area contributed by atoms with E-state index in [1.165, 1.54) is 30.3 Å². The molecule has 0 aliphatic carbocycles. The van der Waals surface area contributed by atoms with E-state index < -0.39 is 23.5 Å². The molecule has 0 radical (unpaired) electrons. The van der Waals surface area contributed by atoms with Gasteiger partial charge in [-0.3, -0.25) is 4.79 Å². The summed E-state index contributed by atoms with van der Waals surface area (Å²) in [5.74, 6) is -1.12. The van der Waals surface area contributed by atoms with Crippen molar-refractivity contribution in [1.82, 2.24) is 0 Å². The molecule has 0 spiro atoms. The third-order valence-corrected chi connectivity index (χ3v) is 3.33. The number of amides is 1. The first kappa shape index (κ1) is 14.3. The van der Waals surface area contributed by atoms with Gasteiger partial charge in [-0.05, 0) is 35.9 Å². The maximum atomic E-state index is 13.3. The van der Waals surface area contributed by atoms with Crippen LogP contribution in [-0.4, -0.2) is 5.91 Å². The summed E-state index contributed by atoms with van der Waals surface area (Å²) >= 11 is 0. The Morgan fingerprint density at radius 1 is 1.05 bits per heavy atom. The summed E-state index contributed by atoms with van der Waals surface area (Å²) in [7, 11) is 0. The number of anilines is 1. The number of hydrogen-bond donors (Lipinski definition) is 1. The molecule has 6 heteroatoms. The highest BCUT2D eigenvalue weighted by Gasteiger charge is 2.33. The molecule has 22 heavy (non-hydrogen) atoms. The van der Waals surface area contributed by atoms with Gasteiger partial charge >= 0.3 is 6.18 Å². The first-order valence-corrected chi connectivity index (χ1v) is 6.35. The zero-order valence-electron chi connectivity index (χ0n) is 11.0. The van der Waals surface area contributed by atoms with Crippen LogP contribution in [0.3, 0.4) is 0 Å². The van der Waals surface area contributed by atoms with Crippen LogP contribution in [0.2, 0.25) is 0 Å². The van der Waals surface area contributed by atoms with Gasteiger partial charge < -0.3 is 5.32 Å². The molecule has 2 nitrogen and oxygen atoms in total. The summed E-state index contributed by atoms with van der Waals surface area (Å²) in [6, 6.07) is 8.58. The Kier molecular flexibility index (Phi) is 3.24. The van der Waals surface area contributed by atoms with Gasteiger partial charge in [0.25, 0.3) is 5.91 Å². The molecule has 0 unspecified atom stereocenters. The molecule has 1 aliphatic rings. The van der Waals surface area contributed by atoms with Crippen molar-refractivity contribution >= 4 is 23.2 Å². The molecule has 1 aliphatic heterocycles. The van der Waals surface area contributed by atoms with Gasteiger partial charge in [0, 0.05) is 16.8 Å². The van der Waals surface area contributed by atoms with Gasteiger partial charge in [0.15, 0.2) is 0 Å². The molecule has 0 fully saturated rings. The van der Waals surface area contributed by atoms with Gasteiger partial charge in [0.2, 0.25) is 0 Å². The molecule has 112 valence electrons. The average molecular weight is 307 g/mol. The zero-order valence-corrected chi connectivity index (χ0v) is 11.0. The Morgan fingerprint density at radius 3 is 2.50 bits per heavy atom. The van der Waals surface area contributed by atoms with Gasteiger partial charge in [-0.2, -0.15) is 13.2 Å². The van der Waals surface area contributed by atoms with E-state index in [4.69, 9.17) is 0 Å². The fraction of sp³-hybridized carbons (Fsp3) is 0.0625. The number of alkyl halides is 3. The molecule has 0 atom stereocenters. The van der Waals surface area contributed by atoms with Crippen LogP contribution in [0.5, 0.6) is 0 Å². The summed E-state index contributed by atoms with van der Waals surface area (Å²) in [4.78, 5) is 11.9. The normalized spacial score (nSPS) is 15.8. The first-order chi connectivity index (χ1) is 10.4. The zero-order chi connectivity index (χ0) is 15.9. The van der Waals surface area contributed by atoms with Crippen molar-refractivity contribution in [2.24, 2.45) is 0 Å². The molecule has 2 aromatic carbocycles. The largest absolute Gasteiger partial charge is 0.416 e. The molecule has 0 aromatic heterocycles. The molecule has 0 saturated carbocycles. The topological polar surface area (TPSA) is 29.1 Å². The highest BCUT2D eigenvalue weighted by atomic mass is 19.4. The highest BCUT2D eigenvalue weighted by molar-refractivity contribution is 6.34. The SMILES string of the molecule is O=C1Nc2ccc(F)cc2/C1=C/c1ccccc1C(F)(F)F. The number of halogens is 4. The summed E-state index contributed by atoms with van der Waals surface area (Å²) in [5.41, 5.74) is -0.354. The van der Waals surface area contributed by atoms with Crippen molar-refractivity contribution in [3.63, 3.8) is 0 Å². The predicted molar refractivity (Wildman–Crippen MR) is 74.3 cm³/mol. The lowest BCUT2D eigenvalue weighted by Gasteiger charge is -2.10. The van der Waals surface area contributed by atoms with Gasteiger partial charge in [0.05, 0.1) is 5.56 Å². The monoisotopic (exact) mass is 307 g/mol. The standard InChI is InChI=1S/C16H9F4NO/c17-10-5-6-14-11(8-10)12(15(22)21-14)7-9-3-1-2-4-13(9)16(18,19)20/h1-8H,(H,21,22)/b12-7-. The fourth-order valence-corrected chi connectivity index (χ4v) is 2.34. The maximum absolute atomic E-state index is 13.3. The molecule has 1 amide bonds. The summed E-state index contributed by atoms with van der Waals surface area (Å²) < 4.78 is 52.3. The quantitative estimate of drug-likeness (QED) is 0.616. The lowest BCUT2D eigenvalue weighted by molar-refractivity contribution is -0.137. The van der Waals surface area contributed by atoms with Gasteiger partial charge in [0.1, 0.15) is 5.82 Å². The third kappa shape index (κ3) is 2.47. The minimum absolute atomic E-state index is 0.00574. The van der Waals surface area contributed by atoms with Crippen molar-refractivity contribution in [2.75, 3.05) is 5.32 Å². The molecule has 2 aromatic rings. The van der Waals surface area contributed by atoms with Crippen molar-refractivity contribution < 1.29 is 22.4 Å². The van der Waals surface area contributed by atoms with E-state index >= 15 is 0 Å². The van der Waals surface area contributed by atoms with E-state index in [2.05, 4.69) is 5.32 Å². The second kappa shape index (κ2) is 4.98. The van der Waals surface area contributed by atoms with Gasteiger partial charge in [-0.25, -0.2) is 4.39 Å². The van der Waals surface area contributed by atoms with Crippen LogP contribution >= 0.6 is 0 Å². The maximum Gasteiger partial charge on any atom is 0.416 e. The minimum Gasteiger partial charge on any atom is -0.321 e. The van der Waals surface area contributed by atoms with E-state index in [1.807, 2.05) is 0 Å². The predicted octanol–water partition coefficient (Wildman–Crippen LogP) is 4.34. The summed E-state index contributed by atoms with van der Waals surface area (Å²) in [5, 5.41) is 2.50. The van der Waals surface area contributed by atoms with E-state index in [-0.39, 0.29) is 16.7 Å². The molecule has 1 heterocycles. The van der Waals surface area contributed by atoms with E-state index in [1.54, 1.807) is 0 Å². The Bertz CT molecular complexity index is 793.